The molecular weight excluding hydrogens is 270 g/mol. The van der Waals surface area contributed by atoms with E-state index in [-0.39, 0.29) is 5.97 Å². The van der Waals surface area contributed by atoms with Crippen LogP contribution in [0.15, 0.2) is 36.6 Å². The monoisotopic (exact) mass is 289 g/mol. The number of ether oxygens (including phenoxy) is 1. The second-order valence-corrected chi connectivity index (χ2v) is 5.45. The molecule has 0 spiro atoms. The quantitative estimate of drug-likeness (QED) is 0.862. The smallest absolute Gasteiger partial charge is 0.348 e. The molecule has 0 atom stereocenters. The molecule has 1 aromatic rings. The number of nitrogens with one attached hydrogen (secondary N) is 1. The zero-order valence-corrected chi connectivity index (χ0v) is 12.7. The lowest BCUT2D eigenvalue weighted by atomic mass is 10.1. The van der Waals surface area contributed by atoms with Crippen LogP contribution in [0.4, 0.5) is 0 Å². The van der Waals surface area contributed by atoms with Gasteiger partial charge in [0.15, 0.2) is 0 Å². The summed E-state index contributed by atoms with van der Waals surface area (Å²) in [5.74, 6) is -0.237. The topological polar surface area (TPSA) is 38.3 Å². The number of hydrogen-bond donors (Lipinski definition) is 1. The van der Waals surface area contributed by atoms with Crippen molar-refractivity contribution in [3.63, 3.8) is 0 Å². The van der Waals surface area contributed by atoms with Crippen LogP contribution < -0.4 is 5.32 Å². The van der Waals surface area contributed by atoms with Gasteiger partial charge in [0.1, 0.15) is 4.88 Å². The lowest BCUT2D eigenvalue weighted by molar-refractivity contribution is 0.0532. The molecule has 106 valence electrons. The highest BCUT2D eigenvalue weighted by Gasteiger charge is 2.20. The van der Waals surface area contributed by atoms with Gasteiger partial charge in [-0.3, -0.25) is 0 Å². The molecule has 0 fully saturated rings. The maximum atomic E-state index is 11.9. The molecule has 0 aliphatic carbocycles. The van der Waals surface area contributed by atoms with E-state index in [2.05, 4.69) is 18.0 Å². The van der Waals surface area contributed by atoms with Crippen LogP contribution in [0, 0.1) is 0 Å². The lowest BCUT2D eigenvalue weighted by Crippen LogP contribution is -2.14. The van der Waals surface area contributed by atoms with Crippen LogP contribution in [0.1, 0.15) is 34.0 Å². The first-order valence-electron chi connectivity index (χ1n) is 6.74. The highest BCUT2D eigenvalue weighted by Crippen LogP contribution is 2.34. The van der Waals surface area contributed by atoms with E-state index in [1.165, 1.54) is 16.9 Å². The summed E-state index contributed by atoms with van der Waals surface area (Å²) < 4.78 is 5.09. The number of hydrogen-bond acceptors (Lipinski definition) is 4. The largest absolute Gasteiger partial charge is 0.462 e. The number of allylic oxidation sites excluding steroid dienone is 4. The summed E-state index contributed by atoms with van der Waals surface area (Å²) in [4.78, 5) is 13.7. The number of carbonyl (C=O) groups excluding carboxylic acids is 1. The molecule has 0 radical (unpaired) electrons. The highest BCUT2D eigenvalue weighted by molar-refractivity contribution is 7.15. The third-order valence-corrected chi connectivity index (χ3v) is 4.26. The summed E-state index contributed by atoms with van der Waals surface area (Å²) in [5.41, 5.74) is 3.30. The molecule has 20 heavy (non-hydrogen) atoms. The van der Waals surface area contributed by atoms with Crippen LogP contribution in [0.25, 0.3) is 5.57 Å². The molecule has 0 amide bonds. The van der Waals surface area contributed by atoms with Crippen molar-refractivity contribution in [3.05, 3.63) is 51.9 Å². The van der Waals surface area contributed by atoms with Crippen LogP contribution in [-0.2, 0) is 11.2 Å². The summed E-state index contributed by atoms with van der Waals surface area (Å²) in [6.07, 6.45) is 6.77. The second-order valence-electron chi connectivity index (χ2n) is 4.39. The van der Waals surface area contributed by atoms with E-state index in [9.17, 15) is 4.79 Å². The van der Waals surface area contributed by atoms with Crippen molar-refractivity contribution < 1.29 is 9.53 Å². The minimum Gasteiger partial charge on any atom is -0.462 e. The first kappa shape index (κ1) is 14.6. The van der Waals surface area contributed by atoms with Crippen molar-refractivity contribution in [2.24, 2.45) is 0 Å². The minimum atomic E-state index is -0.237. The van der Waals surface area contributed by atoms with E-state index in [4.69, 9.17) is 4.74 Å². The summed E-state index contributed by atoms with van der Waals surface area (Å²) >= 11 is 1.49. The van der Waals surface area contributed by atoms with Gasteiger partial charge in [0.2, 0.25) is 0 Å². The van der Waals surface area contributed by atoms with Gasteiger partial charge in [-0.25, -0.2) is 4.79 Å². The van der Waals surface area contributed by atoms with E-state index in [1.54, 1.807) is 0 Å². The first-order chi connectivity index (χ1) is 9.71. The second kappa shape index (κ2) is 6.57. The molecule has 2 heterocycles. The molecule has 4 heteroatoms. The van der Waals surface area contributed by atoms with Gasteiger partial charge in [-0.15, -0.1) is 11.3 Å². The fraction of sp³-hybridized carbons (Fsp3) is 0.312. The molecule has 3 nitrogen and oxygen atoms in total. The predicted molar refractivity (Wildman–Crippen MR) is 83.9 cm³/mol. The molecule has 0 saturated carbocycles. The zero-order valence-electron chi connectivity index (χ0n) is 11.9. The van der Waals surface area contributed by atoms with Crippen LogP contribution in [-0.4, -0.2) is 19.1 Å². The van der Waals surface area contributed by atoms with E-state index >= 15 is 0 Å². The average molecular weight is 289 g/mol. The number of fused-ring (bicyclic) bond motifs is 1. The van der Waals surface area contributed by atoms with Crippen LogP contribution in [0.2, 0.25) is 0 Å². The summed E-state index contributed by atoms with van der Waals surface area (Å²) in [6.45, 7) is 8.91. The minimum absolute atomic E-state index is 0.237. The molecule has 0 bridgehead atoms. The van der Waals surface area contributed by atoms with Crippen LogP contribution >= 0.6 is 11.3 Å². The normalized spacial score (nSPS) is 14.7. The Morgan fingerprint density at radius 3 is 3.05 bits per heavy atom. The SMILES string of the molecule is C=CC1=C(/C=C\C)c2sc(C(=O)OCC)cc2CCN1. The summed E-state index contributed by atoms with van der Waals surface area (Å²) in [7, 11) is 0. The van der Waals surface area contributed by atoms with E-state index in [1.807, 2.05) is 32.1 Å². The Hall–Kier alpha value is -1.81. The number of esters is 1. The first-order valence-corrected chi connectivity index (χ1v) is 7.56. The van der Waals surface area contributed by atoms with Crippen LogP contribution in [0.5, 0.6) is 0 Å². The lowest BCUT2D eigenvalue weighted by Gasteiger charge is -2.06. The molecule has 1 aliphatic heterocycles. The molecular formula is C16H19NO2S. The number of carbonyl (C=O) groups is 1. The predicted octanol–water partition coefficient (Wildman–Crippen LogP) is 3.54. The Morgan fingerprint density at radius 2 is 2.40 bits per heavy atom. The van der Waals surface area contributed by atoms with Crippen LogP contribution in [0.3, 0.4) is 0 Å². The standard InChI is InChI=1S/C16H19NO2S/c1-4-7-12-13(5-2)17-9-8-11-10-14(20-15(11)12)16(18)19-6-3/h4-5,7,10,17H,2,6,8-9H2,1,3H3/b7-4-. The average Bonchev–Trinajstić information content (AvgIpc) is 2.79. The number of rotatable bonds is 4. The van der Waals surface area contributed by atoms with Crippen molar-refractivity contribution in [1.29, 1.82) is 0 Å². The molecule has 2 rings (SSSR count). The van der Waals surface area contributed by atoms with Gasteiger partial charge >= 0.3 is 5.97 Å². The maximum absolute atomic E-state index is 11.9. The van der Waals surface area contributed by atoms with Crippen molar-refractivity contribution in [1.82, 2.24) is 5.32 Å². The van der Waals surface area contributed by atoms with Gasteiger partial charge in [-0.2, -0.15) is 0 Å². The van der Waals surface area contributed by atoms with E-state index in [0.29, 0.717) is 11.5 Å². The fourth-order valence-electron chi connectivity index (χ4n) is 2.21. The molecule has 1 aromatic heterocycles. The number of thiophene rings is 1. The van der Waals surface area contributed by atoms with Gasteiger partial charge < -0.3 is 10.1 Å². The Labute approximate surface area is 123 Å². The van der Waals surface area contributed by atoms with Gasteiger partial charge in [-0.1, -0.05) is 18.7 Å². The third kappa shape index (κ3) is 2.85. The zero-order chi connectivity index (χ0) is 14.5. The summed E-state index contributed by atoms with van der Waals surface area (Å²) in [5, 5.41) is 3.37. The molecule has 0 unspecified atom stereocenters. The Balaban J connectivity index is 2.50. The van der Waals surface area contributed by atoms with E-state index in [0.717, 1.165) is 29.1 Å². The van der Waals surface area contributed by atoms with Gasteiger partial charge in [-0.05, 0) is 38.0 Å². The van der Waals surface area contributed by atoms with Gasteiger partial charge in [0, 0.05) is 22.7 Å². The molecule has 0 aromatic carbocycles. The van der Waals surface area contributed by atoms with Crippen molar-refractivity contribution >= 4 is 22.9 Å². The maximum Gasteiger partial charge on any atom is 0.348 e. The van der Waals surface area contributed by atoms with Gasteiger partial charge in [0.05, 0.1) is 6.61 Å². The Bertz CT molecular complexity index is 581. The Kier molecular flexibility index (Phi) is 4.79. The molecule has 1 aliphatic rings. The van der Waals surface area contributed by atoms with Crippen molar-refractivity contribution in [2.45, 2.75) is 20.3 Å². The fourth-order valence-corrected chi connectivity index (χ4v) is 3.35. The van der Waals surface area contributed by atoms with Crippen molar-refractivity contribution in [2.75, 3.05) is 13.2 Å². The van der Waals surface area contributed by atoms with Crippen molar-refractivity contribution in [3.8, 4) is 0 Å². The molecule has 0 saturated heterocycles. The molecule has 1 N–H and O–H groups in total. The summed E-state index contributed by atoms with van der Waals surface area (Å²) in [6, 6.07) is 1.95. The van der Waals surface area contributed by atoms with E-state index < -0.39 is 0 Å². The highest BCUT2D eigenvalue weighted by atomic mass is 32.1. The van der Waals surface area contributed by atoms with Gasteiger partial charge in [0.25, 0.3) is 0 Å². The Morgan fingerprint density at radius 1 is 1.60 bits per heavy atom. The third-order valence-electron chi connectivity index (χ3n) is 3.07.